The lowest BCUT2D eigenvalue weighted by Gasteiger charge is -2.36. The van der Waals surface area contributed by atoms with Gasteiger partial charge in [0, 0.05) is 34.5 Å². The van der Waals surface area contributed by atoms with Gasteiger partial charge in [-0.15, -0.1) is 11.3 Å². The molecular formula is C45H54F4N6O7S2. The maximum atomic E-state index is 15.0. The molecule has 2 aromatic carbocycles. The third-order valence-corrected chi connectivity index (χ3v) is 15.7. The van der Waals surface area contributed by atoms with Gasteiger partial charge in [0.15, 0.2) is 0 Å². The molecule has 13 nitrogen and oxygen atoms in total. The molecule has 2 aliphatic carbocycles. The average Bonchev–Trinajstić information content (AvgIpc) is 3.99. The lowest BCUT2D eigenvalue weighted by atomic mass is 9.85. The van der Waals surface area contributed by atoms with Crippen molar-refractivity contribution in [3.63, 3.8) is 0 Å². The van der Waals surface area contributed by atoms with Crippen molar-refractivity contribution in [1.29, 1.82) is 0 Å². The van der Waals surface area contributed by atoms with Crippen molar-refractivity contribution in [1.82, 2.24) is 24.9 Å². The molecule has 64 heavy (non-hydrogen) atoms. The number of methoxy groups -OCH3 is 1. The van der Waals surface area contributed by atoms with Gasteiger partial charge in [-0.25, -0.2) is 22.8 Å². The summed E-state index contributed by atoms with van der Waals surface area (Å²) in [5.41, 5.74) is -1.46. The minimum atomic E-state index is -4.88. The predicted octanol–water partition coefficient (Wildman–Crippen LogP) is 8.12. The first-order valence-corrected chi connectivity index (χ1v) is 23.6. The molecule has 3 heterocycles. The Balaban J connectivity index is 1.26. The average molecular weight is 931 g/mol. The van der Waals surface area contributed by atoms with Gasteiger partial charge in [0.1, 0.15) is 51.7 Å². The fourth-order valence-electron chi connectivity index (χ4n) is 8.24. The van der Waals surface area contributed by atoms with Crippen LogP contribution in [0.4, 0.5) is 23.2 Å². The van der Waals surface area contributed by atoms with Crippen molar-refractivity contribution in [2.75, 3.05) is 19.0 Å². The van der Waals surface area contributed by atoms with E-state index in [0.29, 0.717) is 64.5 Å². The van der Waals surface area contributed by atoms with E-state index < -0.39 is 85.1 Å². The number of halogens is 4. The number of alkyl halides is 3. The number of hydrogen-bond acceptors (Lipinski definition) is 11. The van der Waals surface area contributed by atoms with Crippen molar-refractivity contribution in [2.45, 2.75) is 128 Å². The van der Waals surface area contributed by atoms with Gasteiger partial charge >= 0.3 is 6.18 Å². The van der Waals surface area contributed by atoms with Crippen LogP contribution in [0.3, 0.4) is 0 Å². The van der Waals surface area contributed by atoms with Crippen LogP contribution in [0.1, 0.15) is 103 Å². The summed E-state index contributed by atoms with van der Waals surface area (Å²) in [4.78, 5) is 54.6. The number of amides is 3. The first-order chi connectivity index (χ1) is 29.8. The summed E-state index contributed by atoms with van der Waals surface area (Å²) in [6, 6.07) is 4.63. The van der Waals surface area contributed by atoms with Crippen LogP contribution < -0.4 is 24.8 Å². The van der Waals surface area contributed by atoms with Crippen LogP contribution >= 0.6 is 11.3 Å². The third-order valence-electron chi connectivity index (χ3n) is 12.7. The van der Waals surface area contributed by atoms with Crippen LogP contribution in [0.15, 0.2) is 41.8 Å². The lowest BCUT2D eigenvalue weighted by molar-refractivity contribution is -0.141. The van der Waals surface area contributed by atoms with E-state index in [-0.39, 0.29) is 31.0 Å². The molecule has 0 radical (unpaired) electrons. The number of aryl methyl sites for hydroxylation is 1. The Morgan fingerprint density at radius 2 is 1.75 bits per heavy atom. The Bertz CT molecular complexity index is 2610. The summed E-state index contributed by atoms with van der Waals surface area (Å²) < 4.78 is 95.9. The van der Waals surface area contributed by atoms with E-state index in [4.69, 9.17) is 19.4 Å². The molecule has 4 aromatic rings. The van der Waals surface area contributed by atoms with E-state index in [1.165, 1.54) is 16.2 Å². The van der Waals surface area contributed by atoms with Gasteiger partial charge in [-0.1, -0.05) is 48.0 Å². The summed E-state index contributed by atoms with van der Waals surface area (Å²) >= 11 is 1.42. The number of carbonyl (C=O) groups excluding carboxylic acids is 3. The van der Waals surface area contributed by atoms with E-state index in [1.54, 1.807) is 53.0 Å². The highest BCUT2D eigenvalue weighted by Crippen LogP contribution is 2.48. The molecule has 3 fully saturated rings. The Morgan fingerprint density at radius 1 is 1.05 bits per heavy atom. The molecule has 5 atom stereocenters. The zero-order valence-corrected chi connectivity index (χ0v) is 38.8. The Labute approximate surface area is 374 Å². The molecule has 2 saturated carbocycles. The van der Waals surface area contributed by atoms with Crippen LogP contribution in [0.25, 0.3) is 21.6 Å². The number of anilines is 1. The first kappa shape index (κ1) is 46.9. The number of aromatic nitrogens is 2. The standard InChI is InChI=1S/C45H54F4N6O7S2/c1-10-25-20-44(25,41(58)54-64(59,60)43(8)13-14-43)53-38(56)33-18-29(21-55(33)40(57)37(42(5,6)7)50-28-16-26(45(47,48)49)15-27(46)17-28)62-35-19-31(39-52-32(22-63-39)23(2)3)51-36-24(4)34(61-9)12-11-30(35)36/h11-12,15-17,19,22-23,25,29,33,37,50H,10,13-14,18,20-21H2,1-9H3,(H,53,56)(H,54,58). The van der Waals surface area contributed by atoms with Gasteiger partial charge in [-0.3, -0.25) is 19.1 Å². The number of likely N-dealkylation sites (tertiary alicyclic amines) is 1. The van der Waals surface area contributed by atoms with Gasteiger partial charge in [0.05, 0.1) is 35.2 Å². The van der Waals surface area contributed by atoms with Crippen molar-refractivity contribution in [3.05, 3.63) is 64.4 Å². The molecule has 3 amide bonds. The Kier molecular flexibility index (Phi) is 12.3. The van der Waals surface area contributed by atoms with Crippen LogP contribution in [0.5, 0.6) is 11.5 Å². The fraction of sp³-hybridized carbons (Fsp3) is 0.533. The predicted molar refractivity (Wildman–Crippen MR) is 235 cm³/mol. The maximum absolute atomic E-state index is 15.0. The van der Waals surface area contributed by atoms with Crippen molar-refractivity contribution in [3.8, 4) is 22.2 Å². The number of thiazole rings is 1. The number of fused-ring (bicyclic) bond motifs is 1. The minimum absolute atomic E-state index is 0.0967. The number of pyridine rings is 1. The second-order valence-electron chi connectivity index (χ2n) is 18.8. The summed E-state index contributed by atoms with van der Waals surface area (Å²) in [6.45, 7) is 14.1. The number of hydrogen-bond donors (Lipinski definition) is 3. The number of nitrogens with one attached hydrogen (secondary N) is 3. The smallest absolute Gasteiger partial charge is 0.416 e. The molecule has 1 aliphatic heterocycles. The summed E-state index contributed by atoms with van der Waals surface area (Å²) in [5, 5.41) is 8.87. The van der Waals surface area contributed by atoms with E-state index in [9.17, 15) is 40.4 Å². The highest BCUT2D eigenvalue weighted by Gasteiger charge is 2.63. The van der Waals surface area contributed by atoms with Crippen molar-refractivity contribution < 1.29 is 49.8 Å². The largest absolute Gasteiger partial charge is 0.496 e. The summed E-state index contributed by atoms with van der Waals surface area (Å²) in [6.07, 6.45) is -4.48. The molecule has 0 spiro atoms. The number of carbonyl (C=O) groups is 3. The molecular weight excluding hydrogens is 877 g/mol. The van der Waals surface area contributed by atoms with Gasteiger partial charge in [-0.2, -0.15) is 13.2 Å². The highest BCUT2D eigenvalue weighted by molar-refractivity contribution is 7.91. The molecule has 5 unspecified atom stereocenters. The van der Waals surface area contributed by atoms with Gasteiger partial charge in [-0.05, 0) is 80.7 Å². The number of rotatable bonds is 14. The lowest BCUT2D eigenvalue weighted by Crippen LogP contribution is -2.59. The minimum Gasteiger partial charge on any atom is -0.496 e. The second kappa shape index (κ2) is 16.7. The van der Waals surface area contributed by atoms with Crippen LogP contribution in [0, 0.1) is 24.1 Å². The molecule has 7 rings (SSSR count). The normalized spacial score (nSPS) is 22.3. The SMILES string of the molecule is CCC1CC1(NC(=O)C1CC(Oc2cc(-c3nc(C(C)C)cs3)nc3c(C)c(OC)ccc23)CN1C(=O)C(Nc1cc(F)cc(C(F)(F)F)c1)C(C)(C)C)C(=O)NS(=O)(=O)C1(C)CC1. The number of benzene rings is 2. The van der Waals surface area contributed by atoms with Crippen LogP contribution in [0.2, 0.25) is 0 Å². The summed E-state index contributed by atoms with van der Waals surface area (Å²) in [5.74, 6) is -2.77. The Morgan fingerprint density at radius 3 is 2.33 bits per heavy atom. The van der Waals surface area contributed by atoms with E-state index >= 15 is 0 Å². The number of sulfonamides is 1. The number of nitrogens with zero attached hydrogens (tertiary/aromatic N) is 3. The number of ether oxygens (including phenoxy) is 2. The molecule has 346 valence electrons. The molecule has 19 heteroatoms. The second-order valence-corrected chi connectivity index (χ2v) is 21.9. The molecule has 3 aliphatic rings. The zero-order chi connectivity index (χ0) is 46.9. The van der Waals surface area contributed by atoms with E-state index in [2.05, 4.69) is 15.4 Å². The van der Waals surface area contributed by atoms with Gasteiger partial charge in [0.25, 0.3) is 5.91 Å². The molecule has 3 N–H and O–H groups in total. The zero-order valence-electron chi connectivity index (χ0n) is 37.2. The quantitative estimate of drug-likeness (QED) is 0.105. The van der Waals surface area contributed by atoms with Crippen LogP contribution in [-0.4, -0.2) is 83.1 Å². The topological polar surface area (TPSA) is 169 Å². The van der Waals surface area contributed by atoms with Crippen molar-refractivity contribution >= 4 is 55.7 Å². The third kappa shape index (κ3) is 9.11. The summed E-state index contributed by atoms with van der Waals surface area (Å²) in [7, 11) is -2.52. The van der Waals surface area contributed by atoms with Gasteiger partial charge in [0.2, 0.25) is 21.8 Å². The molecule has 2 aromatic heterocycles. The molecule has 0 bridgehead atoms. The van der Waals surface area contributed by atoms with Gasteiger partial charge < -0.3 is 25.0 Å². The van der Waals surface area contributed by atoms with E-state index in [1.807, 2.05) is 33.1 Å². The Hall–Kier alpha value is -5.04. The maximum Gasteiger partial charge on any atom is 0.416 e. The first-order valence-electron chi connectivity index (χ1n) is 21.2. The molecule has 1 saturated heterocycles. The highest BCUT2D eigenvalue weighted by atomic mass is 32.2. The van der Waals surface area contributed by atoms with Crippen molar-refractivity contribution in [2.24, 2.45) is 11.3 Å². The fourth-order valence-corrected chi connectivity index (χ4v) is 10.5. The monoisotopic (exact) mass is 930 g/mol. The van der Waals surface area contributed by atoms with Crippen LogP contribution in [-0.2, 0) is 30.6 Å². The van der Waals surface area contributed by atoms with E-state index in [0.717, 1.165) is 17.3 Å².